The van der Waals surface area contributed by atoms with Crippen LogP contribution in [-0.2, 0) is 13.0 Å². The second-order valence-electron chi connectivity index (χ2n) is 4.15. The number of aromatic nitrogens is 4. The van der Waals surface area contributed by atoms with Crippen LogP contribution in [0.5, 0.6) is 0 Å². The molecule has 0 spiro atoms. The van der Waals surface area contributed by atoms with E-state index in [4.69, 9.17) is 0 Å². The number of carbonyl (C=O) groups excluding carboxylic acids is 1. The van der Waals surface area contributed by atoms with Crippen LogP contribution in [-0.4, -0.2) is 25.5 Å². The lowest BCUT2D eigenvalue weighted by molar-refractivity contribution is 0.0992. The smallest absolute Gasteiger partial charge is 0.182 e. The van der Waals surface area contributed by atoms with Crippen molar-refractivity contribution in [3.05, 3.63) is 27.7 Å². The molecule has 0 N–H and O–H groups in total. The zero-order valence-electron chi connectivity index (χ0n) is 10.8. The highest BCUT2D eigenvalue weighted by molar-refractivity contribution is 7.13. The third kappa shape index (κ3) is 2.64. The third-order valence-electron chi connectivity index (χ3n) is 2.61. The van der Waals surface area contributed by atoms with Crippen molar-refractivity contribution in [3.63, 3.8) is 0 Å². The summed E-state index contributed by atoms with van der Waals surface area (Å²) in [5, 5.41) is 5.04. The number of nitrogens with zero attached hydrogens (tertiary/aromatic N) is 4. The van der Waals surface area contributed by atoms with Gasteiger partial charge in [0.1, 0.15) is 12.2 Å². The Hall–Kier alpha value is -1.56. The van der Waals surface area contributed by atoms with Gasteiger partial charge in [0, 0.05) is 6.54 Å². The minimum absolute atomic E-state index is 0.0726. The first-order valence-corrected chi connectivity index (χ1v) is 6.77. The Balaban J connectivity index is 2.16. The molecule has 5 nitrogen and oxygen atoms in total. The predicted octanol–water partition coefficient (Wildman–Crippen LogP) is 2.19. The number of aryl methyl sites for hydroxylation is 3. The number of Topliss-reactive ketones (excluding diaryl/α,β-unsaturated/α-hetero) is 1. The van der Waals surface area contributed by atoms with Gasteiger partial charge in [-0.1, -0.05) is 6.92 Å². The van der Waals surface area contributed by atoms with E-state index in [9.17, 15) is 4.79 Å². The van der Waals surface area contributed by atoms with Crippen LogP contribution in [0.1, 0.15) is 39.5 Å². The molecule has 0 saturated carbocycles. The Morgan fingerprint density at radius 3 is 2.83 bits per heavy atom. The van der Waals surface area contributed by atoms with Gasteiger partial charge in [0.2, 0.25) is 0 Å². The van der Waals surface area contributed by atoms with Crippen LogP contribution in [0.4, 0.5) is 0 Å². The summed E-state index contributed by atoms with van der Waals surface area (Å²) in [7, 11) is 0. The molecular formula is C12H16N4OS. The quantitative estimate of drug-likeness (QED) is 0.777. The standard InChI is InChI=1S/C12H16N4OS/c1-4-5-16-11(13-7-14-16)6-10(17)12-8(2)15-9(3)18-12/h7H,4-6H2,1-3H3. The minimum Gasteiger partial charge on any atom is -0.293 e. The first-order valence-electron chi connectivity index (χ1n) is 5.95. The minimum atomic E-state index is 0.0726. The molecule has 2 aromatic heterocycles. The second-order valence-corrected chi connectivity index (χ2v) is 5.35. The number of hydrogen-bond donors (Lipinski definition) is 0. The van der Waals surface area contributed by atoms with E-state index in [1.807, 2.05) is 13.8 Å². The van der Waals surface area contributed by atoms with Crippen molar-refractivity contribution in [2.24, 2.45) is 0 Å². The summed E-state index contributed by atoms with van der Waals surface area (Å²) in [6.45, 7) is 6.65. The van der Waals surface area contributed by atoms with E-state index in [1.54, 1.807) is 4.68 Å². The molecule has 96 valence electrons. The molecule has 0 aliphatic heterocycles. The first-order chi connectivity index (χ1) is 8.61. The molecule has 0 atom stereocenters. The number of ketones is 1. The van der Waals surface area contributed by atoms with Gasteiger partial charge in [0.25, 0.3) is 0 Å². The maximum Gasteiger partial charge on any atom is 0.182 e. The monoisotopic (exact) mass is 264 g/mol. The van der Waals surface area contributed by atoms with E-state index < -0.39 is 0 Å². The van der Waals surface area contributed by atoms with Crippen LogP contribution >= 0.6 is 11.3 Å². The normalized spacial score (nSPS) is 10.8. The summed E-state index contributed by atoms with van der Waals surface area (Å²) in [5.41, 5.74) is 0.809. The summed E-state index contributed by atoms with van der Waals surface area (Å²) in [6.07, 6.45) is 2.77. The number of carbonyl (C=O) groups is 1. The van der Waals surface area contributed by atoms with E-state index in [-0.39, 0.29) is 5.78 Å². The van der Waals surface area contributed by atoms with Crippen LogP contribution in [0.25, 0.3) is 0 Å². The molecule has 2 aromatic rings. The van der Waals surface area contributed by atoms with Crippen LogP contribution in [0, 0.1) is 13.8 Å². The molecule has 0 bridgehead atoms. The van der Waals surface area contributed by atoms with Crippen LogP contribution in [0.3, 0.4) is 0 Å². The Morgan fingerprint density at radius 2 is 2.22 bits per heavy atom. The summed E-state index contributed by atoms with van der Waals surface area (Å²) < 4.78 is 1.79. The molecule has 2 rings (SSSR count). The number of thiazole rings is 1. The molecule has 0 aliphatic carbocycles. The van der Waals surface area contributed by atoms with E-state index in [0.717, 1.165) is 34.4 Å². The zero-order valence-corrected chi connectivity index (χ0v) is 11.6. The Bertz CT molecular complexity index is 558. The summed E-state index contributed by atoms with van der Waals surface area (Å²) in [6, 6.07) is 0. The summed E-state index contributed by atoms with van der Waals surface area (Å²) in [5.74, 6) is 0.802. The fourth-order valence-corrected chi connectivity index (χ4v) is 2.69. The van der Waals surface area contributed by atoms with Gasteiger partial charge in [-0.25, -0.2) is 14.6 Å². The van der Waals surface area contributed by atoms with Gasteiger partial charge in [-0.2, -0.15) is 5.10 Å². The fourth-order valence-electron chi connectivity index (χ4n) is 1.84. The Morgan fingerprint density at radius 1 is 1.44 bits per heavy atom. The van der Waals surface area contributed by atoms with Crippen LogP contribution < -0.4 is 0 Å². The van der Waals surface area contributed by atoms with Crippen molar-refractivity contribution in [3.8, 4) is 0 Å². The topological polar surface area (TPSA) is 60.7 Å². The Labute approximate surface area is 110 Å². The molecule has 0 fully saturated rings. The molecule has 0 aromatic carbocycles. The maximum atomic E-state index is 12.2. The van der Waals surface area contributed by atoms with Crippen LogP contribution in [0.2, 0.25) is 0 Å². The molecule has 0 aliphatic rings. The molecule has 6 heteroatoms. The fraction of sp³-hybridized carbons (Fsp3) is 0.500. The van der Waals surface area contributed by atoms with Gasteiger partial charge in [0.05, 0.1) is 22.0 Å². The highest BCUT2D eigenvalue weighted by atomic mass is 32.1. The average Bonchev–Trinajstić information content (AvgIpc) is 2.87. The molecule has 2 heterocycles. The predicted molar refractivity (Wildman–Crippen MR) is 69.9 cm³/mol. The molecule has 0 amide bonds. The average molecular weight is 264 g/mol. The molecule has 0 saturated heterocycles. The maximum absolute atomic E-state index is 12.2. The Kier molecular flexibility index (Phi) is 3.86. The van der Waals surface area contributed by atoms with Gasteiger partial charge in [-0.3, -0.25) is 4.79 Å². The van der Waals surface area contributed by atoms with Crippen molar-refractivity contribution in [1.82, 2.24) is 19.7 Å². The highest BCUT2D eigenvalue weighted by Crippen LogP contribution is 2.19. The van der Waals surface area contributed by atoms with Crippen molar-refractivity contribution >= 4 is 17.1 Å². The lowest BCUT2D eigenvalue weighted by atomic mass is 10.2. The van der Waals surface area contributed by atoms with E-state index in [0.29, 0.717) is 6.42 Å². The van der Waals surface area contributed by atoms with Gasteiger partial charge in [-0.15, -0.1) is 11.3 Å². The molecule has 18 heavy (non-hydrogen) atoms. The lowest BCUT2D eigenvalue weighted by Gasteiger charge is -2.03. The van der Waals surface area contributed by atoms with Crippen molar-refractivity contribution in [1.29, 1.82) is 0 Å². The summed E-state index contributed by atoms with van der Waals surface area (Å²) >= 11 is 1.45. The third-order valence-corrected chi connectivity index (χ3v) is 3.72. The molecular weight excluding hydrogens is 248 g/mol. The van der Waals surface area contributed by atoms with E-state index >= 15 is 0 Å². The van der Waals surface area contributed by atoms with E-state index in [1.165, 1.54) is 17.7 Å². The SMILES string of the molecule is CCCn1ncnc1CC(=O)c1sc(C)nc1C. The van der Waals surface area contributed by atoms with Crippen molar-refractivity contribution in [2.45, 2.75) is 40.2 Å². The van der Waals surface area contributed by atoms with Crippen LogP contribution in [0.15, 0.2) is 6.33 Å². The molecule has 0 unspecified atom stereocenters. The van der Waals surface area contributed by atoms with Crippen molar-refractivity contribution in [2.75, 3.05) is 0 Å². The van der Waals surface area contributed by atoms with Gasteiger partial charge >= 0.3 is 0 Å². The largest absolute Gasteiger partial charge is 0.293 e. The first kappa shape index (κ1) is 12.9. The lowest BCUT2D eigenvalue weighted by Crippen LogP contribution is -2.11. The van der Waals surface area contributed by atoms with E-state index in [2.05, 4.69) is 22.0 Å². The number of hydrogen-bond acceptors (Lipinski definition) is 5. The zero-order chi connectivity index (χ0) is 13.1. The van der Waals surface area contributed by atoms with Crippen molar-refractivity contribution < 1.29 is 4.79 Å². The van der Waals surface area contributed by atoms with Gasteiger partial charge in [-0.05, 0) is 20.3 Å². The summed E-state index contributed by atoms with van der Waals surface area (Å²) in [4.78, 5) is 21.4. The highest BCUT2D eigenvalue weighted by Gasteiger charge is 2.17. The van der Waals surface area contributed by atoms with Gasteiger partial charge < -0.3 is 0 Å². The second kappa shape index (κ2) is 5.39. The van der Waals surface area contributed by atoms with Gasteiger partial charge in [0.15, 0.2) is 5.78 Å². The molecule has 0 radical (unpaired) electrons. The number of rotatable bonds is 5.